The van der Waals surface area contributed by atoms with Gasteiger partial charge in [-0.15, -0.1) is 0 Å². The van der Waals surface area contributed by atoms with Crippen LogP contribution in [0.2, 0.25) is 0 Å². The molecule has 23 heavy (non-hydrogen) atoms. The maximum absolute atomic E-state index is 13.5. The van der Waals surface area contributed by atoms with E-state index in [1.165, 1.54) is 12.1 Å². The molecular formula is C15H10F2N2O4. The minimum absolute atomic E-state index is 0.0779. The molecule has 0 radical (unpaired) electrons. The zero-order valence-electron chi connectivity index (χ0n) is 11.6. The van der Waals surface area contributed by atoms with Gasteiger partial charge in [0.25, 0.3) is 0 Å². The number of hydrogen-bond acceptors (Lipinski definition) is 5. The Balaban J connectivity index is 2.17. The minimum atomic E-state index is -1.44. The first kappa shape index (κ1) is 16.3. The molecule has 0 aliphatic heterocycles. The van der Waals surface area contributed by atoms with E-state index in [1.54, 1.807) is 6.07 Å². The van der Waals surface area contributed by atoms with Crippen molar-refractivity contribution in [1.82, 2.24) is 0 Å². The molecule has 2 aromatic carbocycles. The lowest BCUT2D eigenvalue weighted by molar-refractivity contribution is -0.386. The van der Waals surface area contributed by atoms with Crippen molar-refractivity contribution in [3.63, 3.8) is 0 Å². The molecule has 8 heteroatoms. The van der Waals surface area contributed by atoms with E-state index in [4.69, 9.17) is 10.00 Å². The van der Waals surface area contributed by atoms with Crippen molar-refractivity contribution >= 4 is 5.69 Å². The summed E-state index contributed by atoms with van der Waals surface area (Å²) in [6.07, 6.45) is -1.44. The van der Waals surface area contributed by atoms with Crippen LogP contribution >= 0.6 is 0 Å². The Morgan fingerprint density at radius 3 is 2.65 bits per heavy atom. The van der Waals surface area contributed by atoms with E-state index in [0.29, 0.717) is 6.07 Å². The zero-order chi connectivity index (χ0) is 17.0. The van der Waals surface area contributed by atoms with Crippen LogP contribution in [0, 0.1) is 33.1 Å². The van der Waals surface area contributed by atoms with Crippen LogP contribution in [-0.4, -0.2) is 16.6 Å². The third kappa shape index (κ3) is 3.78. The quantitative estimate of drug-likeness (QED) is 0.675. The Morgan fingerprint density at radius 2 is 2.04 bits per heavy atom. The van der Waals surface area contributed by atoms with Gasteiger partial charge in [-0.25, -0.2) is 8.78 Å². The third-order valence-electron chi connectivity index (χ3n) is 3.00. The first-order valence-corrected chi connectivity index (χ1v) is 6.36. The largest absolute Gasteiger partial charge is 0.484 e. The van der Waals surface area contributed by atoms with Gasteiger partial charge >= 0.3 is 5.69 Å². The van der Waals surface area contributed by atoms with Crippen molar-refractivity contribution < 1.29 is 23.5 Å². The molecule has 0 bridgehead atoms. The summed E-state index contributed by atoms with van der Waals surface area (Å²) in [4.78, 5) is 10.2. The smallest absolute Gasteiger partial charge is 0.312 e. The fraction of sp³-hybridized carbons (Fsp3) is 0.133. The second-order valence-electron chi connectivity index (χ2n) is 4.54. The lowest BCUT2D eigenvalue weighted by atomic mass is 10.1. The second-order valence-corrected chi connectivity index (χ2v) is 4.54. The normalized spacial score (nSPS) is 11.6. The van der Waals surface area contributed by atoms with E-state index in [1.807, 2.05) is 0 Å². The summed E-state index contributed by atoms with van der Waals surface area (Å²) in [5.74, 6) is -1.91. The molecule has 0 aromatic heterocycles. The summed E-state index contributed by atoms with van der Waals surface area (Å²) < 4.78 is 31.5. The van der Waals surface area contributed by atoms with E-state index in [0.717, 1.165) is 18.2 Å². The summed E-state index contributed by atoms with van der Waals surface area (Å²) >= 11 is 0. The first-order valence-electron chi connectivity index (χ1n) is 6.36. The molecule has 1 unspecified atom stereocenters. The molecule has 0 aliphatic rings. The number of nitro groups is 1. The molecule has 118 valence electrons. The van der Waals surface area contributed by atoms with Crippen LogP contribution in [0.25, 0.3) is 0 Å². The van der Waals surface area contributed by atoms with Crippen LogP contribution in [-0.2, 0) is 0 Å². The molecule has 2 rings (SSSR count). The number of hydrogen-bond donors (Lipinski definition) is 1. The number of aliphatic hydroxyl groups is 1. The van der Waals surface area contributed by atoms with Crippen molar-refractivity contribution in [3.05, 3.63) is 69.3 Å². The van der Waals surface area contributed by atoms with Crippen LogP contribution in [0.5, 0.6) is 5.75 Å². The third-order valence-corrected chi connectivity index (χ3v) is 3.00. The molecule has 1 atom stereocenters. The highest BCUT2D eigenvalue weighted by Crippen LogP contribution is 2.29. The highest BCUT2D eigenvalue weighted by Gasteiger charge is 2.19. The van der Waals surface area contributed by atoms with Crippen LogP contribution in [0.15, 0.2) is 36.4 Å². The van der Waals surface area contributed by atoms with E-state index in [-0.39, 0.29) is 16.9 Å². The average molecular weight is 320 g/mol. The van der Waals surface area contributed by atoms with Gasteiger partial charge in [-0.3, -0.25) is 10.1 Å². The van der Waals surface area contributed by atoms with Crippen LogP contribution in [0.4, 0.5) is 14.5 Å². The van der Waals surface area contributed by atoms with Crippen LogP contribution in [0.1, 0.15) is 17.2 Å². The molecule has 0 saturated carbocycles. The predicted octanol–water partition coefficient (Wildman–Crippen LogP) is 2.86. The fourth-order valence-electron chi connectivity index (χ4n) is 1.88. The number of nitro benzene ring substituents is 1. The monoisotopic (exact) mass is 320 g/mol. The van der Waals surface area contributed by atoms with E-state index in [9.17, 15) is 24.0 Å². The maximum Gasteiger partial charge on any atom is 0.312 e. The lowest BCUT2D eigenvalue weighted by Gasteiger charge is -2.13. The molecule has 0 amide bonds. The van der Waals surface area contributed by atoms with E-state index >= 15 is 0 Å². The van der Waals surface area contributed by atoms with Gasteiger partial charge < -0.3 is 9.84 Å². The van der Waals surface area contributed by atoms with Crippen LogP contribution in [0.3, 0.4) is 0 Å². The Bertz CT molecular complexity index is 790. The number of rotatable bonds is 5. The van der Waals surface area contributed by atoms with E-state index in [2.05, 4.69) is 0 Å². The molecule has 0 saturated heterocycles. The molecule has 6 nitrogen and oxygen atoms in total. The Labute approximate surface area is 129 Å². The van der Waals surface area contributed by atoms with Crippen molar-refractivity contribution in [2.45, 2.75) is 6.10 Å². The van der Waals surface area contributed by atoms with Gasteiger partial charge in [0.05, 0.1) is 16.6 Å². The lowest BCUT2D eigenvalue weighted by Crippen LogP contribution is -2.12. The topological polar surface area (TPSA) is 96.4 Å². The van der Waals surface area contributed by atoms with Gasteiger partial charge in [-0.05, 0) is 18.2 Å². The molecule has 0 aliphatic carbocycles. The minimum Gasteiger partial charge on any atom is -0.484 e. The SMILES string of the molecule is N#Cc1ccc(OCC(O)c2ccc(F)cc2F)c([N+](=O)[O-])c1. The number of halogens is 2. The van der Waals surface area contributed by atoms with Gasteiger partial charge in [0.1, 0.15) is 24.3 Å². The Kier molecular flexibility index (Phi) is 4.83. The standard InChI is InChI=1S/C15H10F2N2O4/c16-10-2-3-11(12(17)6-10)14(20)8-23-15-4-1-9(7-18)5-13(15)19(21)22/h1-6,14,20H,8H2. The van der Waals surface area contributed by atoms with Gasteiger partial charge in [0.15, 0.2) is 5.75 Å². The number of nitrogens with zero attached hydrogens (tertiary/aromatic N) is 2. The summed E-state index contributed by atoms with van der Waals surface area (Å²) in [5.41, 5.74) is -0.562. The van der Waals surface area contributed by atoms with Crippen molar-refractivity contribution in [2.24, 2.45) is 0 Å². The van der Waals surface area contributed by atoms with E-state index < -0.39 is 35.0 Å². The molecule has 0 heterocycles. The van der Waals surface area contributed by atoms with Gasteiger partial charge in [-0.1, -0.05) is 6.07 Å². The zero-order valence-corrected chi connectivity index (χ0v) is 11.6. The highest BCUT2D eigenvalue weighted by molar-refractivity contribution is 5.51. The summed E-state index contributed by atoms with van der Waals surface area (Å²) in [7, 11) is 0. The number of nitriles is 1. The maximum atomic E-state index is 13.5. The van der Waals surface area contributed by atoms with Crippen molar-refractivity contribution in [3.8, 4) is 11.8 Å². The fourth-order valence-corrected chi connectivity index (χ4v) is 1.88. The van der Waals surface area contributed by atoms with Gasteiger partial charge in [0, 0.05) is 17.7 Å². The summed E-state index contributed by atoms with van der Waals surface area (Å²) in [5, 5.41) is 29.6. The Morgan fingerprint density at radius 1 is 1.30 bits per heavy atom. The number of ether oxygens (including phenoxy) is 1. The first-order chi connectivity index (χ1) is 10.9. The van der Waals surface area contributed by atoms with Gasteiger partial charge in [-0.2, -0.15) is 5.26 Å². The molecule has 2 aromatic rings. The summed E-state index contributed by atoms with van der Waals surface area (Å²) in [6.45, 7) is -0.477. The predicted molar refractivity (Wildman–Crippen MR) is 74.6 cm³/mol. The average Bonchev–Trinajstić information content (AvgIpc) is 2.52. The van der Waals surface area contributed by atoms with Crippen LogP contribution < -0.4 is 4.74 Å². The second kappa shape index (κ2) is 6.81. The number of aliphatic hydroxyl groups excluding tert-OH is 1. The Hall–Kier alpha value is -3.05. The molecule has 1 N–H and O–H groups in total. The van der Waals surface area contributed by atoms with Crippen molar-refractivity contribution in [1.29, 1.82) is 5.26 Å². The molecule has 0 spiro atoms. The highest BCUT2D eigenvalue weighted by atomic mass is 19.1. The molecule has 0 fully saturated rings. The summed E-state index contributed by atoms with van der Waals surface area (Å²) in [6, 6.07) is 7.96. The van der Waals surface area contributed by atoms with Crippen molar-refractivity contribution in [2.75, 3.05) is 6.61 Å². The molecular weight excluding hydrogens is 310 g/mol. The van der Waals surface area contributed by atoms with Gasteiger partial charge in [0.2, 0.25) is 0 Å². The number of benzene rings is 2.